The van der Waals surface area contributed by atoms with E-state index in [9.17, 15) is 5.11 Å². The molecule has 0 spiro atoms. The van der Waals surface area contributed by atoms with Crippen LogP contribution in [0.2, 0.25) is 0 Å². The SMILES string of the molecule is CC1CN(c2cc(CO)nc3ccccc23)CC1C. The summed E-state index contributed by atoms with van der Waals surface area (Å²) >= 11 is 0. The van der Waals surface area contributed by atoms with Crippen molar-refractivity contribution in [3.05, 3.63) is 36.0 Å². The van der Waals surface area contributed by atoms with Gasteiger partial charge in [-0.3, -0.25) is 4.98 Å². The van der Waals surface area contributed by atoms with Gasteiger partial charge in [-0.05, 0) is 24.0 Å². The molecule has 0 bridgehead atoms. The first-order valence-corrected chi connectivity index (χ1v) is 6.93. The van der Waals surface area contributed by atoms with Crippen molar-refractivity contribution in [1.29, 1.82) is 0 Å². The third-order valence-electron chi connectivity index (χ3n) is 4.24. The predicted octanol–water partition coefficient (Wildman–Crippen LogP) is 2.82. The molecule has 3 rings (SSSR count). The van der Waals surface area contributed by atoms with E-state index in [4.69, 9.17) is 0 Å². The molecule has 100 valence electrons. The van der Waals surface area contributed by atoms with Gasteiger partial charge in [0.05, 0.1) is 17.8 Å². The largest absolute Gasteiger partial charge is 0.390 e. The highest BCUT2D eigenvalue weighted by atomic mass is 16.3. The number of pyridine rings is 1. The van der Waals surface area contributed by atoms with Gasteiger partial charge in [-0.25, -0.2) is 0 Å². The Morgan fingerprint density at radius 3 is 2.58 bits per heavy atom. The molecule has 3 heteroatoms. The lowest BCUT2D eigenvalue weighted by Gasteiger charge is -2.21. The molecule has 1 aliphatic rings. The second-order valence-corrected chi connectivity index (χ2v) is 5.67. The van der Waals surface area contributed by atoms with Crippen LogP contribution in [-0.4, -0.2) is 23.2 Å². The Morgan fingerprint density at radius 2 is 1.89 bits per heavy atom. The van der Waals surface area contributed by atoms with Gasteiger partial charge >= 0.3 is 0 Å². The molecule has 0 amide bonds. The molecule has 0 radical (unpaired) electrons. The van der Waals surface area contributed by atoms with Gasteiger partial charge < -0.3 is 10.0 Å². The van der Waals surface area contributed by atoms with Crippen LogP contribution < -0.4 is 4.90 Å². The Morgan fingerprint density at radius 1 is 1.21 bits per heavy atom. The minimum Gasteiger partial charge on any atom is -0.390 e. The summed E-state index contributed by atoms with van der Waals surface area (Å²) in [5, 5.41) is 10.6. The molecule has 2 heterocycles. The molecular formula is C16H20N2O. The highest BCUT2D eigenvalue weighted by molar-refractivity contribution is 5.92. The zero-order valence-corrected chi connectivity index (χ0v) is 11.5. The number of rotatable bonds is 2. The fourth-order valence-electron chi connectivity index (χ4n) is 2.88. The number of fused-ring (bicyclic) bond motifs is 1. The predicted molar refractivity (Wildman–Crippen MR) is 78.2 cm³/mol. The van der Waals surface area contributed by atoms with Gasteiger partial charge in [0.2, 0.25) is 0 Å². The Labute approximate surface area is 113 Å². The molecule has 3 nitrogen and oxygen atoms in total. The number of hydrogen-bond donors (Lipinski definition) is 1. The van der Waals surface area contributed by atoms with Crippen molar-refractivity contribution in [3.63, 3.8) is 0 Å². The van der Waals surface area contributed by atoms with Crippen LogP contribution in [0.25, 0.3) is 10.9 Å². The summed E-state index contributed by atoms with van der Waals surface area (Å²) in [5.74, 6) is 1.43. The summed E-state index contributed by atoms with van der Waals surface area (Å²) in [6, 6.07) is 10.2. The van der Waals surface area contributed by atoms with Crippen molar-refractivity contribution < 1.29 is 5.11 Å². The average molecular weight is 256 g/mol. The highest BCUT2D eigenvalue weighted by Gasteiger charge is 2.27. The summed E-state index contributed by atoms with van der Waals surface area (Å²) in [5.41, 5.74) is 2.93. The lowest BCUT2D eigenvalue weighted by Crippen LogP contribution is -2.20. The first-order valence-electron chi connectivity index (χ1n) is 6.93. The first-order chi connectivity index (χ1) is 9.19. The summed E-state index contributed by atoms with van der Waals surface area (Å²) in [6.07, 6.45) is 0. The molecule has 2 unspecified atom stereocenters. The van der Waals surface area contributed by atoms with Crippen molar-refractivity contribution in [1.82, 2.24) is 4.98 Å². The quantitative estimate of drug-likeness (QED) is 0.897. The molecule has 2 atom stereocenters. The Hall–Kier alpha value is -1.61. The Bertz CT molecular complexity index is 586. The number of hydrogen-bond acceptors (Lipinski definition) is 3. The van der Waals surface area contributed by atoms with Crippen LogP contribution in [0.3, 0.4) is 0 Å². The molecule has 1 fully saturated rings. The van der Waals surface area contributed by atoms with Crippen LogP contribution in [0, 0.1) is 11.8 Å². The van der Waals surface area contributed by atoms with E-state index in [-0.39, 0.29) is 6.61 Å². The second-order valence-electron chi connectivity index (χ2n) is 5.67. The summed E-state index contributed by atoms with van der Waals surface area (Å²) in [4.78, 5) is 6.92. The molecule has 19 heavy (non-hydrogen) atoms. The van der Waals surface area contributed by atoms with Gasteiger partial charge in [-0.15, -0.1) is 0 Å². The van der Waals surface area contributed by atoms with E-state index in [0.717, 1.165) is 24.3 Å². The van der Waals surface area contributed by atoms with Gasteiger partial charge in [0.1, 0.15) is 0 Å². The number of para-hydroxylation sites is 1. The van der Waals surface area contributed by atoms with Gasteiger partial charge in [-0.2, -0.15) is 0 Å². The summed E-state index contributed by atoms with van der Waals surface area (Å²) in [7, 11) is 0. The number of anilines is 1. The first kappa shape index (κ1) is 12.4. The second kappa shape index (κ2) is 4.82. The van der Waals surface area contributed by atoms with E-state index in [2.05, 4.69) is 35.9 Å². The minimum atomic E-state index is -0.00319. The van der Waals surface area contributed by atoms with Crippen molar-refractivity contribution in [3.8, 4) is 0 Å². The van der Waals surface area contributed by atoms with Crippen molar-refractivity contribution in [2.45, 2.75) is 20.5 Å². The average Bonchev–Trinajstić information content (AvgIpc) is 2.77. The Kier molecular flexibility index (Phi) is 3.15. The van der Waals surface area contributed by atoms with E-state index in [1.165, 1.54) is 11.1 Å². The minimum absolute atomic E-state index is 0.00319. The van der Waals surface area contributed by atoms with E-state index in [1.54, 1.807) is 0 Å². The molecule has 1 saturated heterocycles. The third kappa shape index (κ3) is 2.19. The molecular weight excluding hydrogens is 236 g/mol. The molecule has 0 aliphatic carbocycles. The summed E-state index contributed by atoms with van der Waals surface area (Å²) < 4.78 is 0. The molecule has 1 aromatic heterocycles. The van der Waals surface area contributed by atoms with Gasteiger partial charge in [0.15, 0.2) is 0 Å². The molecule has 1 aromatic carbocycles. The van der Waals surface area contributed by atoms with Gasteiger partial charge in [-0.1, -0.05) is 32.0 Å². The molecule has 0 saturated carbocycles. The van der Waals surface area contributed by atoms with Crippen LogP contribution >= 0.6 is 0 Å². The smallest absolute Gasteiger partial charge is 0.0854 e. The maximum Gasteiger partial charge on any atom is 0.0854 e. The molecule has 1 N–H and O–H groups in total. The highest BCUT2D eigenvalue weighted by Crippen LogP contribution is 2.33. The van der Waals surface area contributed by atoms with E-state index < -0.39 is 0 Å². The monoisotopic (exact) mass is 256 g/mol. The number of aliphatic hydroxyl groups excluding tert-OH is 1. The number of nitrogens with zero attached hydrogens (tertiary/aromatic N) is 2. The normalized spacial score (nSPS) is 23.2. The fraction of sp³-hybridized carbons (Fsp3) is 0.438. The van der Waals surface area contributed by atoms with Gasteiger partial charge in [0, 0.05) is 24.2 Å². The maximum absolute atomic E-state index is 9.39. The van der Waals surface area contributed by atoms with Crippen LogP contribution in [0.5, 0.6) is 0 Å². The van der Waals surface area contributed by atoms with Crippen molar-refractivity contribution in [2.24, 2.45) is 11.8 Å². The number of benzene rings is 1. The van der Waals surface area contributed by atoms with Crippen LogP contribution in [0.15, 0.2) is 30.3 Å². The van der Waals surface area contributed by atoms with Crippen LogP contribution in [0.1, 0.15) is 19.5 Å². The van der Waals surface area contributed by atoms with Gasteiger partial charge in [0.25, 0.3) is 0 Å². The number of aliphatic hydroxyl groups is 1. The van der Waals surface area contributed by atoms with E-state index in [0.29, 0.717) is 11.8 Å². The molecule has 1 aliphatic heterocycles. The lowest BCUT2D eigenvalue weighted by molar-refractivity contribution is 0.277. The van der Waals surface area contributed by atoms with E-state index >= 15 is 0 Å². The van der Waals surface area contributed by atoms with Crippen molar-refractivity contribution in [2.75, 3.05) is 18.0 Å². The maximum atomic E-state index is 9.39. The van der Waals surface area contributed by atoms with E-state index in [1.807, 2.05) is 18.2 Å². The zero-order chi connectivity index (χ0) is 13.4. The number of aromatic nitrogens is 1. The molecule has 2 aromatic rings. The van der Waals surface area contributed by atoms with Crippen LogP contribution in [0.4, 0.5) is 5.69 Å². The third-order valence-corrected chi connectivity index (χ3v) is 4.24. The standard InChI is InChI=1S/C16H20N2O/c1-11-8-18(9-12(11)2)16-7-13(10-19)17-15-6-4-3-5-14(15)16/h3-7,11-12,19H,8-10H2,1-2H3. The topological polar surface area (TPSA) is 36.4 Å². The van der Waals surface area contributed by atoms with Crippen LogP contribution in [-0.2, 0) is 6.61 Å². The summed E-state index contributed by atoms with van der Waals surface area (Å²) in [6.45, 7) is 6.78. The fourth-order valence-corrected chi connectivity index (χ4v) is 2.88. The zero-order valence-electron chi connectivity index (χ0n) is 11.5. The Balaban J connectivity index is 2.11. The van der Waals surface area contributed by atoms with Crippen molar-refractivity contribution >= 4 is 16.6 Å². The lowest BCUT2D eigenvalue weighted by atomic mass is 10.0.